The fourth-order valence-electron chi connectivity index (χ4n) is 3.11. The van der Waals surface area contributed by atoms with E-state index in [2.05, 4.69) is 26.7 Å². The van der Waals surface area contributed by atoms with Gasteiger partial charge in [-0.3, -0.25) is 9.69 Å². The van der Waals surface area contributed by atoms with Crippen molar-refractivity contribution in [2.75, 3.05) is 50.7 Å². The van der Waals surface area contributed by atoms with Gasteiger partial charge in [0.25, 0.3) is 0 Å². The van der Waals surface area contributed by atoms with Gasteiger partial charge in [-0.2, -0.15) is 0 Å². The number of nitrogens with zero attached hydrogens (tertiary/aromatic N) is 5. The van der Waals surface area contributed by atoms with Crippen LogP contribution in [-0.4, -0.2) is 71.5 Å². The Morgan fingerprint density at radius 2 is 1.73 bits per heavy atom. The van der Waals surface area contributed by atoms with E-state index in [1.54, 1.807) is 12.4 Å². The van der Waals surface area contributed by atoms with Gasteiger partial charge in [-0.05, 0) is 24.8 Å². The number of piperidine rings is 1. The average molecular weight is 303 g/mol. The highest BCUT2D eigenvalue weighted by Crippen LogP contribution is 2.16. The van der Waals surface area contributed by atoms with Crippen LogP contribution in [0.25, 0.3) is 0 Å². The van der Waals surface area contributed by atoms with Crippen molar-refractivity contribution >= 4 is 11.9 Å². The lowest BCUT2D eigenvalue weighted by molar-refractivity contribution is -0.133. The van der Waals surface area contributed by atoms with E-state index in [-0.39, 0.29) is 5.91 Å². The lowest BCUT2D eigenvalue weighted by Gasteiger charge is -2.36. The number of rotatable bonds is 3. The molecule has 6 heteroatoms. The van der Waals surface area contributed by atoms with E-state index in [0.717, 1.165) is 64.0 Å². The van der Waals surface area contributed by atoms with Crippen LogP contribution < -0.4 is 4.90 Å². The van der Waals surface area contributed by atoms with Crippen molar-refractivity contribution in [1.29, 1.82) is 0 Å². The summed E-state index contributed by atoms with van der Waals surface area (Å²) in [6.45, 7) is 8.24. The molecule has 2 aliphatic heterocycles. The lowest BCUT2D eigenvalue weighted by atomic mass is 9.99. The summed E-state index contributed by atoms with van der Waals surface area (Å²) in [6.07, 6.45) is 5.83. The van der Waals surface area contributed by atoms with Crippen LogP contribution in [0.5, 0.6) is 0 Å². The molecule has 6 nitrogen and oxygen atoms in total. The third-order valence-electron chi connectivity index (χ3n) is 4.70. The summed E-state index contributed by atoms with van der Waals surface area (Å²) >= 11 is 0. The van der Waals surface area contributed by atoms with Gasteiger partial charge >= 0.3 is 0 Å². The Labute approximate surface area is 132 Å². The number of piperazine rings is 1. The summed E-state index contributed by atoms with van der Waals surface area (Å²) in [4.78, 5) is 27.4. The SMILES string of the molecule is CC1CCN(C(=O)CN2CCN(c3ncccn3)CC2)CC1. The van der Waals surface area contributed by atoms with Gasteiger partial charge in [0.05, 0.1) is 6.54 Å². The number of hydrogen-bond donors (Lipinski definition) is 0. The van der Waals surface area contributed by atoms with Gasteiger partial charge in [-0.15, -0.1) is 0 Å². The van der Waals surface area contributed by atoms with Gasteiger partial charge in [0.2, 0.25) is 11.9 Å². The number of amides is 1. The Kier molecular flexibility index (Phi) is 4.87. The largest absolute Gasteiger partial charge is 0.342 e. The van der Waals surface area contributed by atoms with Gasteiger partial charge in [0.15, 0.2) is 0 Å². The molecule has 0 N–H and O–H groups in total. The zero-order valence-electron chi connectivity index (χ0n) is 13.3. The molecule has 0 aliphatic carbocycles. The fraction of sp³-hybridized carbons (Fsp3) is 0.688. The first kappa shape index (κ1) is 15.2. The highest BCUT2D eigenvalue weighted by Gasteiger charge is 2.24. The fourth-order valence-corrected chi connectivity index (χ4v) is 3.11. The molecule has 2 fully saturated rings. The van der Waals surface area contributed by atoms with Crippen molar-refractivity contribution in [1.82, 2.24) is 19.8 Å². The number of anilines is 1. The molecule has 3 heterocycles. The highest BCUT2D eigenvalue weighted by atomic mass is 16.2. The molecule has 1 aromatic rings. The van der Waals surface area contributed by atoms with Crippen LogP contribution in [0.4, 0.5) is 5.95 Å². The zero-order chi connectivity index (χ0) is 15.4. The standard InChI is InChI=1S/C16H25N5O/c1-14-3-7-20(8-4-14)15(22)13-19-9-11-21(12-10-19)16-17-5-2-6-18-16/h2,5-6,14H,3-4,7-13H2,1H3. The van der Waals surface area contributed by atoms with E-state index < -0.39 is 0 Å². The number of carbonyl (C=O) groups is 1. The van der Waals surface area contributed by atoms with Crippen LogP contribution in [0.3, 0.4) is 0 Å². The smallest absolute Gasteiger partial charge is 0.236 e. The molecule has 0 aromatic carbocycles. The molecule has 0 radical (unpaired) electrons. The second kappa shape index (κ2) is 7.05. The second-order valence-electron chi connectivity index (χ2n) is 6.38. The third-order valence-corrected chi connectivity index (χ3v) is 4.70. The molecule has 2 saturated heterocycles. The summed E-state index contributed by atoms with van der Waals surface area (Å²) in [5, 5.41) is 0. The number of carbonyl (C=O) groups excluding carboxylic acids is 1. The Morgan fingerprint density at radius 1 is 1.09 bits per heavy atom. The summed E-state index contributed by atoms with van der Waals surface area (Å²) in [6, 6.07) is 1.83. The van der Waals surface area contributed by atoms with Crippen LogP contribution in [0.2, 0.25) is 0 Å². The first-order valence-electron chi connectivity index (χ1n) is 8.24. The highest BCUT2D eigenvalue weighted by molar-refractivity contribution is 5.78. The van der Waals surface area contributed by atoms with Crippen molar-refractivity contribution in [2.45, 2.75) is 19.8 Å². The van der Waals surface area contributed by atoms with Gasteiger partial charge in [-0.1, -0.05) is 6.92 Å². The Hall–Kier alpha value is -1.69. The third kappa shape index (κ3) is 3.74. The topological polar surface area (TPSA) is 52.6 Å². The maximum atomic E-state index is 12.4. The van der Waals surface area contributed by atoms with E-state index in [1.165, 1.54) is 0 Å². The summed E-state index contributed by atoms with van der Waals surface area (Å²) in [5.41, 5.74) is 0. The van der Waals surface area contributed by atoms with Crippen molar-refractivity contribution < 1.29 is 4.79 Å². The molecular formula is C16H25N5O. The summed E-state index contributed by atoms with van der Waals surface area (Å²) < 4.78 is 0. The normalized spacial score (nSPS) is 21.1. The van der Waals surface area contributed by atoms with Gasteiger partial charge < -0.3 is 9.80 Å². The molecule has 0 saturated carbocycles. The van der Waals surface area contributed by atoms with Crippen LogP contribution in [-0.2, 0) is 4.79 Å². The molecule has 0 spiro atoms. The lowest BCUT2D eigenvalue weighted by Crippen LogP contribution is -2.51. The van der Waals surface area contributed by atoms with Crippen LogP contribution in [0.15, 0.2) is 18.5 Å². The molecule has 3 rings (SSSR count). The van der Waals surface area contributed by atoms with Gasteiger partial charge in [-0.25, -0.2) is 9.97 Å². The number of aromatic nitrogens is 2. The first-order chi connectivity index (χ1) is 10.7. The molecule has 0 unspecified atom stereocenters. The number of hydrogen-bond acceptors (Lipinski definition) is 5. The molecule has 22 heavy (non-hydrogen) atoms. The maximum absolute atomic E-state index is 12.4. The average Bonchev–Trinajstić information content (AvgIpc) is 2.57. The zero-order valence-corrected chi connectivity index (χ0v) is 13.3. The number of likely N-dealkylation sites (tertiary alicyclic amines) is 1. The molecule has 0 bridgehead atoms. The van der Waals surface area contributed by atoms with E-state index in [9.17, 15) is 4.79 Å². The van der Waals surface area contributed by atoms with Crippen LogP contribution in [0.1, 0.15) is 19.8 Å². The minimum atomic E-state index is 0.288. The minimum Gasteiger partial charge on any atom is -0.342 e. The van der Waals surface area contributed by atoms with Gasteiger partial charge in [0.1, 0.15) is 0 Å². The minimum absolute atomic E-state index is 0.288. The Balaban J connectivity index is 1.45. The van der Waals surface area contributed by atoms with E-state index >= 15 is 0 Å². The molecule has 1 aromatic heterocycles. The molecule has 120 valence electrons. The van der Waals surface area contributed by atoms with E-state index in [4.69, 9.17) is 0 Å². The quantitative estimate of drug-likeness (QED) is 0.829. The molecule has 2 aliphatic rings. The van der Waals surface area contributed by atoms with Crippen molar-refractivity contribution in [3.63, 3.8) is 0 Å². The predicted molar refractivity (Wildman–Crippen MR) is 85.7 cm³/mol. The van der Waals surface area contributed by atoms with E-state index in [0.29, 0.717) is 6.54 Å². The molecule has 1 amide bonds. The van der Waals surface area contributed by atoms with Crippen molar-refractivity contribution in [2.24, 2.45) is 5.92 Å². The first-order valence-corrected chi connectivity index (χ1v) is 8.24. The second-order valence-corrected chi connectivity index (χ2v) is 6.38. The molecular weight excluding hydrogens is 278 g/mol. The summed E-state index contributed by atoms with van der Waals surface area (Å²) in [7, 11) is 0. The van der Waals surface area contributed by atoms with Gasteiger partial charge in [0, 0.05) is 51.7 Å². The Bertz CT molecular complexity index is 479. The molecule has 0 atom stereocenters. The Morgan fingerprint density at radius 3 is 2.36 bits per heavy atom. The monoisotopic (exact) mass is 303 g/mol. The van der Waals surface area contributed by atoms with Crippen molar-refractivity contribution in [3.05, 3.63) is 18.5 Å². The van der Waals surface area contributed by atoms with Crippen molar-refractivity contribution in [3.8, 4) is 0 Å². The van der Waals surface area contributed by atoms with E-state index in [1.807, 2.05) is 11.0 Å². The summed E-state index contributed by atoms with van der Waals surface area (Å²) in [5.74, 6) is 1.84. The van der Waals surface area contributed by atoms with Crippen LogP contribution in [0, 0.1) is 5.92 Å². The van der Waals surface area contributed by atoms with Crippen LogP contribution >= 0.6 is 0 Å². The maximum Gasteiger partial charge on any atom is 0.236 e. The predicted octanol–water partition coefficient (Wildman–Crippen LogP) is 0.857.